The molecule has 0 atom stereocenters. The van der Waals surface area contributed by atoms with E-state index in [0.29, 0.717) is 11.0 Å². The smallest absolute Gasteiger partial charge is 0.430 e. The van der Waals surface area contributed by atoms with Crippen LogP contribution in [0.1, 0.15) is 5.56 Å². The van der Waals surface area contributed by atoms with Crippen molar-refractivity contribution in [3.63, 3.8) is 0 Å². The second-order valence-electron chi connectivity index (χ2n) is 2.37. The van der Waals surface area contributed by atoms with E-state index < -0.39 is 14.8 Å². The molecule has 0 fully saturated rings. The van der Waals surface area contributed by atoms with E-state index in [0.717, 1.165) is 0 Å². The average Bonchev–Trinajstić information content (AvgIpc) is 2.19. The van der Waals surface area contributed by atoms with E-state index in [1.807, 2.05) is 0 Å². The molecule has 14 heavy (non-hydrogen) atoms. The molecule has 0 unspecified atom stereocenters. The van der Waals surface area contributed by atoms with Crippen LogP contribution in [0.3, 0.4) is 0 Å². The van der Waals surface area contributed by atoms with E-state index >= 15 is 0 Å². The third-order valence-corrected chi connectivity index (χ3v) is 1.50. The van der Waals surface area contributed by atoms with Crippen molar-refractivity contribution in [1.82, 2.24) is 0 Å². The van der Waals surface area contributed by atoms with E-state index in [1.165, 1.54) is 0 Å². The fourth-order valence-corrected chi connectivity index (χ4v) is 0.930. The monoisotopic (exact) mass is 198 g/mol. The third kappa shape index (κ3) is 4.40. The second kappa shape index (κ2) is 7.54. The second-order valence-corrected chi connectivity index (χ2v) is 2.37. The van der Waals surface area contributed by atoms with Crippen molar-refractivity contribution < 1.29 is 25.2 Å². The Morgan fingerprint density at radius 3 is 2.00 bits per heavy atom. The summed E-state index contributed by atoms with van der Waals surface area (Å²) in [7, 11) is -2.25. The highest BCUT2D eigenvalue weighted by Crippen LogP contribution is 1.95. The van der Waals surface area contributed by atoms with Crippen LogP contribution in [0.25, 0.3) is 0 Å². The minimum atomic E-state index is -1.50. The van der Waals surface area contributed by atoms with Gasteiger partial charge in [-0.1, -0.05) is 24.3 Å². The van der Waals surface area contributed by atoms with Crippen molar-refractivity contribution in [2.45, 2.75) is 6.61 Å². The molecule has 0 aromatic heterocycles. The highest BCUT2D eigenvalue weighted by Gasteiger charge is 2.13. The van der Waals surface area contributed by atoms with Gasteiger partial charge in [0.15, 0.2) is 0 Å². The van der Waals surface area contributed by atoms with Gasteiger partial charge in [-0.3, -0.25) is 0 Å². The Hall–Kier alpha value is -0.850. The Bertz CT molecular complexity index is 256. The van der Waals surface area contributed by atoms with E-state index in [2.05, 4.69) is 0 Å². The molecular weight excluding hydrogens is 186 g/mol. The van der Waals surface area contributed by atoms with E-state index in [-0.39, 0.29) is 6.61 Å². The Balaban J connectivity index is 0.000000500. The standard InChI is InChI=1S/C7H9BO3.BH3O2/c9-5-6-3-1-2-4-7(6)8(10)11;2-1-3/h1-4,9-11H,5H2;1-3H. The molecule has 0 aliphatic heterocycles. The average molecular weight is 198 g/mol. The van der Waals surface area contributed by atoms with Crippen LogP contribution < -0.4 is 5.46 Å². The molecule has 0 radical (unpaired) electrons. The summed E-state index contributed by atoms with van der Waals surface area (Å²) in [6.45, 7) is -0.173. The summed E-state index contributed by atoms with van der Waals surface area (Å²) < 4.78 is 0. The maximum atomic E-state index is 8.78. The molecule has 7 heteroatoms. The fourth-order valence-electron chi connectivity index (χ4n) is 0.930. The molecule has 0 aliphatic carbocycles. The topological polar surface area (TPSA) is 101 Å². The first-order chi connectivity index (χ1) is 6.67. The molecule has 1 aromatic rings. The Labute approximate surface area is 82.7 Å². The van der Waals surface area contributed by atoms with Crippen LogP contribution in [0.2, 0.25) is 0 Å². The van der Waals surface area contributed by atoms with Gasteiger partial charge in [-0.2, -0.15) is 0 Å². The van der Waals surface area contributed by atoms with Crippen LogP contribution in [-0.4, -0.2) is 40.0 Å². The molecule has 5 nitrogen and oxygen atoms in total. The molecule has 1 rings (SSSR count). The first-order valence-electron chi connectivity index (χ1n) is 3.93. The molecule has 5 N–H and O–H groups in total. The van der Waals surface area contributed by atoms with Crippen molar-refractivity contribution in [3.8, 4) is 0 Å². The van der Waals surface area contributed by atoms with E-state index in [4.69, 9.17) is 25.2 Å². The predicted octanol–water partition coefficient (Wildman–Crippen LogP) is -2.90. The molecule has 1 aromatic carbocycles. The van der Waals surface area contributed by atoms with Gasteiger partial charge >= 0.3 is 14.8 Å². The lowest BCUT2D eigenvalue weighted by Gasteiger charge is -2.03. The lowest BCUT2D eigenvalue weighted by molar-refractivity contribution is 0.282. The minimum Gasteiger partial charge on any atom is -0.430 e. The summed E-state index contributed by atoms with van der Waals surface area (Å²) in [5.41, 5.74) is 0.900. The highest BCUT2D eigenvalue weighted by atomic mass is 16.4. The van der Waals surface area contributed by atoms with Gasteiger partial charge in [0.1, 0.15) is 0 Å². The van der Waals surface area contributed by atoms with Crippen LogP contribution in [-0.2, 0) is 6.61 Å². The predicted molar refractivity (Wildman–Crippen MR) is 53.8 cm³/mol. The highest BCUT2D eigenvalue weighted by molar-refractivity contribution is 6.59. The van der Waals surface area contributed by atoms with Gasteiger partial charge in [-0.25, -0.2) is 0 Å². The first-order valence-corrected chi connectivity index (χ1v) is 3.93. The SMILES string of the molecule is OBO.OCc1ccccc1B(O)O. The van der Waals surface area contributed by atoms with E-state index in [1.54, 1.807) is 24.3 Å². The van der Waals surface area contributed by atoms with Crippen molar-refractivity contribution >= 4 is 20.3 Å². The molecule has 0 amide bonds. The number of benzene rings is 1. The van der Waals surface area contributed by atoms with Crippen LogP contribution in [0, 0.1) is 0 Å². The molecule has 0 spiro atoms. The molecule has 0 bridgehead atoms. The zero-order valence-electron chi connectivity index (χ0n) is 7.54. The molecule has 0 saturated carbocycles. The van der Waals surface area contributed by atoms with Crippen molar-refractivity contribution in [3.05, 3.63) is 29.8 Å². The third-order valence-electron chi connectivity index (χ3n) is 1.50. The Morgan fingerprint density at radius 1 is 1.14 bits per heavy atom. The van der Waals surface area contributed by atoms with Gasteiger partial charge in [-0.15, -0.1) is 0 Å². The van der Waals surface area contributed by atoms with Crippen LogP contribution in [0.4, 0.5) is 0 Å². The number of aliphatic hydroxyl groups excluding tert-OH is 1. The van der Waals surface area contributed by atoms with Gasteiger partial charge < -0.3 is 25.2 Å². The molecular formula is C7H12B2O5. The summed E-state index contributed by atoms with van der Waals surface area (Å²) in [6, 6.07) is 6.64. The normalized spacial score (nSPS) is 8.64. The maximum Gasteiger partial charge on any atom is 0.488 e. The van der Waals surface area contributed by atoms with Crippen LogP contribution >= 0.6 is 0 Å². The number of hydrogen-bond acceptors (Lipinski definition) is 5. The Kier molecular flexibility index (Phi) is 7.09. The quantitative estimate of drug-likeness (QED) is 0.328. The summed E-state index contributed by atoms with van der Waals surface area (Å²) in [6.07, 6.45) is 0. The lowest BCUT2D eigenvalue weighted by Crippen LogP contribution is -2.32. The van der Waals surface area contributed by atoms with Gasteiger partial charge in [0.2, 0.25) is 0 Å². The summed E-state index contributed by atoms with van der Waals surface area (Å²) >= 11 is 0. The van der Waals surface area contributed by atoms with Crippen molar-refractivity contribution in [2.24, 2.45) is 0 Å². The summed E-state index contributed by atoms with van der Waals surface area (Å²) in [5, 5.41) is 40.6. The van der Waals surface area contributed by atoms with Crippen LogP contribution in [0.15, 0.2) is 24.3 Å². The minimum absolute atomic E-state index is 0.173. The molecule has 0 heterocycles. The number of hydrogen-bond donors (Lipinski definition) is 5. The Morgan fingerprint density at radius 2 is 1.64 bits per heavy atom. The van der Waals surface area contributed by atoms with E-state index in [9.17, 15) is 0 Å². The van der Waals surface area contributed by atoms with Crippen molar-refractivity contribution in [1.29, 1.82) is 0 Å². The first kappa shape index (κ1) is 13.1. The molecule has 0 aliphatic rings. The van der Waals surface area contributed by atoms with Gasteiger partial charge in [0.25, 0.3) is 0 Å². The van der Waals surface area contributed by atoms with Crippen molar-refractivity contribution in [2.75, 3.05) is 0 Å². The van der Waals surface area contributed by atoms with Gasteiger partial charge in [0.05, 0.1) is 6.61 Å². The summed E-state index contributed by atoms with van der Waals surface area (Å²) in [5.74, 6) is 0. The fraction of sp³-hybridized carbons (Fsp3) is 0.143. The summed E-state index contributed by atoms with van der Waals surface area (Å²) in [4.78, 5) is 0. The zero-order valence-corrected chi connectivity index (χ0v) is 7.54. The largest absolute Gasteiger partial charge is 0.488 e. The van der Waals surface area contributed by atoms with Gasteiger partial charge in [0, 0.05) is 0 Å². The number of aliphatic hydroxyl groups is 1. The molecule has 0 saturated heterocycles. The lowest BCUT2D eigenvalue weighted by atomic mass is 9.77. The molecule has 76 valence electrons. The number of rotatable bonds is 2. The maximum absolute atomic E-state index is 8.78. The van der Waals surface area contributed by atoms with Gasteiger partial charge in [-0.05, 0) is 11.0 Å². The zero-order chi connectivity index (χ0) is 11.0. The van der Waals surface area contributed by atoms with Crippen LogP contribution in [0.5, 0.6) is 0 Å².